The number of carbonyl (C=O) groups is 2. The predicted molar refractivity (Wildman–Crippen MR) is 60.0 cm³/mol. The topological polar surface area (TPSA) is 86.6 Å². The van der Waals surface area contributed by atoms with Gasteiger partial charge in [0.15, 0.2) is 6.10 Å². The van der Waals surface area contributed by atoms with Gasteiger partial charge in [-0.1, -0.05) is 15.9 Å². The lowest BCUT2D eigenvalue weighted by molar-refractivity contribution is -0.146. The number of aliphatic hydroxyl groups is 1. The van der Waals surface area contributed by atoms with Crippen LogP contribution in [0.15, 0.2) is 16.6 Å². The molecule has 0 radical (unpaired) electrons. The van der Waals surface area contributed by atoms with Crippen molar-refractivity contribution >= 4 is 27.8 Å². The molecule has 0 heterocycles. The van der Waals surface area contributed by atoms with Gasteiger partial charge < -0.3 is 15.5 Å². The summed E-state index contributed by atoms with van der Waals surface area (Å²) in [5.41, 5.74) is -0.837. The number of carboxylic acid groups (broad SMARTS) is 1. The highest BCUT2D eigenvalue weighted by Crippen LogP contribution is 2.19. The molecular weight excluding hydrogens is 316 g/mol. The summed E-state index contributed by atoms with van der Waals surface area (Å²) in [6.45, 7) is -0.650. The van der Waals surface area contributed by atoms with Gasteiger partial charge in [-0.3, -0.25) is 4.79 Å². The molecule has 1 aromatic carbocycles. The summed E-state index contributed by atoms with van der Waals surface area (Å²) < 4.78 is 26.8. The van der Waals surface area contributed by atoms with E-state index in [-0.39, 0.29) is 4.47 Å². The second-order valence-corrected chi connectivity index (χ2v) is 4.22. The van der Waals surface area contributed by atoms with Crippen LogP contribution in [-0.2, 0) is 4.79 Å². The van der Waals surface area contributed by atoms with Crippen LogP contribution < -0.4 is 5.32 Å². The smallest absolute Gasteiger partial charge is 0.334 e. The maximum Gasteiger partial charge on any atom is 0.334 e. The lowest BCUT2D eigenvalue weighted by Gasteiger charge is -2.09. The standard InChI is InChI=1S/C10H8BrF2NO4/c11-4-1-5(12)8(6(13)2-4)9(16)14-3-7(15)10(17)18/h1-2,7,15H,3H2,(H,14,16)(H,17,18)/t7-/m0/s1. The molecular formula is C10H8BrF2NO4. The van der Waals surface area contributed by atoms with E-state index < -0.39 is 41.7 Å². The molecule has 0 aliphatic rings. The van der Waals surface area contributed by atoms with Gasteiger partial charge in [-0.05, 0) is 12.1 Å². The summed E-state index contributed by atoms with van der Waals surface area (Å²) in [5, 5.41) is 19.2. The number of aliphatic carboxylic acids is 1. The molecule has 18 heavy (non-hydrogen) atoms. The first-order valence-corrected chi connectivity index (χ1v) is 5.46. The normalized spacial score (nSPS) is 12.0. The SMILES string of the molecule is O=C(NC[C@H](O)C(=O)O)c1c(F)cc(Br)cc1F. The molecule has 0 unspecified atom stereocenters. The third-order valence-corrected chi connectivity index (χ3v) is 2.43. The summed E-state index contributed by atoms with van der Waals surface area (Å²) in [4.78, 5) is 21.7. The molecule has 1 atom stereocenters. The molecule has 0 saturated heterocycles. The highest BCUT2D eigenvalue weighted by atomic mass is 79.9. The molecule has 98 valence electrons. The van der Waals surface area contributed by atoms with Crippen LogP contribution in [0.1, 0.15) is 10.4 Å². The van der Waals surface area contributed by atoms with Gasteiger partial charge in [-0.2, -0.15) is 0 Å². The van der Waals surface area contributed by atoms with Gasteiger partial charge in [0.1, 0.15) is 17.2 Å². The molecule has 0 aliphatic heterocycles. The number of carbonyl (C=O) groups excluding carboxylic acids is 1. The van der Waals surface area contributed by atoms with Crippen LogP contribution in [0.25, 0.3) is 0 Å². The van der Waals surface area contributed by atoms with Crippen molar-refractivity contribution in [2.45, 2.75) is 6.10 Å². The molecule has 0 spiro atoms. The summed E-state index contributed by atoms with van der Waals surface area (Å²) in [5.74, 6) is -4.88. The van der Waals surface area contributed by atoms with Gasteiger partial charge in [0.2, 0.25) is 0 Å². The number of aliphatic hydroxyl groups excluding tert-OH is 1. The number of carboxylic acids is 1. The molecule has 1 aromatic rings. The number of halogens is 3. The molecule has 0 saturated carbocycles. The van der Waals surface area contributed by atoms with Gasteiger partial charge in [-0.25, -0.2) is 13.6 Å². The largest absolute Gasteiger partial charge is 0.479 e. The maximum absolute atomic E-state index is 13.3. The maximum atomic E-state index is 13.3. The monoisotopic (exact) mass is 323 g/mol. The van der Waals surface area contributed by atoms with Gasteiger partial charge in [0, 0.05) is 4.47 Å². The highest BCUT2D eigenvalue weighted by molar-refractivity contribution is 9.10. The van der Waals surface area contributed by atoms with E-state index in [0.717, 1.165) is 12.1 Å². The average molecular weight is 324 g/mol. The van der Waals surface area contributed by atoms with Crippen molar-refractivity contribution in [2.24, 2.45) is 0 Å². The second kappa shape index (κ2) is 5.87. The van der Waals surface area contributed by atoms with Crippen LogP contribution in [0.5, 0.6) is 0 Å². The number of benzene rings is 1. The Bertz CT molecular complexity index is 472. The van der Waals surface area contributed by atoms with Crippen molar-refractivity contribution in [1.29, 1.82) is 0 Å². The fourth-order valence-corrected chi connectivity index (χ4v) is 1.53. The molecule has 3 N–H and O–H groups in total. The number of amides is 1. The molecule has 8 heteroatoms. The fraction of sp³-hybridized carbons (Fsp3) is 0.200. The molecule has 5 nitrogen and oxygen atoms in total. The van der Waals surface area contributed by atoms with Crippen LogP contribution in [0.2, 0.25) is 0 Å². The lowest BCUT2D eigenvalue weighted by atomic mass is 10.2. The zero-order chi connectivity index (χ0) is 13.9. The van der Waals surface area contributed by atoms with Crippen LogP contribution in [0.4, 0.5) is 8.78 Å². The second-order valence-electron chi connectivity index (χ2n) is 3.31. The quantitative estimate of drug-likeness (QED) is 0.768. The summed E-state index contributed by atoms with van der Waals surface area (Å²) in [7, 11) is 0. The van der Waals surface area contributed by atoms with E-state index >= 15 is 0 Å². The van der Waals surface area contributed by atoms with E-state index in [2.05, 4.69) is 15.9 Å². The first-order valence-electron chi connectivity index (χ1n) is 4.66. The molecule has 0 bridgehead atoms. The van der Waals surface area contributed by atoms with Crippen molar-refractivity contribution in [3.05, 3.63) is 33.8 Å². The Morgan fingerprint density at radius 1 is 1.33 bits per heavy atom. The Labute approximate surface area is 109 Å². The van der Waals surface area contributed by atoms with Crippen molar-refractivity contribution in [3.63, 3.8) is 0 Å². The van der Waals surface area contributed by atoms with Crippen molar-refractivity contribution < 1.29 is 28.6 Å². The molecule has 1 rings (SSSR count). The van der Waals surface area contributed by atoms with E-state index in [1.807, 2.05) is 5.32 Å². The lowest BCUT2D eigenvalue weighted by Crippen LogP contribution is -2.37. The molecule has 0 fully saturated rings. The van der Waals surface area contributed by atoms with E-state index in [4.69, 9.17) is 10.2 Å². The number of rotatable bonds is 4. The minimum Gasteiger partial charge on any atom is -0.479 e. The van der Waals surface area contributed by atoms with Crippen LogP contribution in [-0.4, -0.2) is 34.7 Å². The Morgan fingerprint density at radius 3 is 2.28 bits per heavy atom. The number of hydrogen-bond acceptors (Lipinski definition) is 3. The Hall–Kier alpha value is -1.54. The summed E-state index contributed by atoms with van der Waals surface area (Å²) >= 11 is 2.85. The van der Waals surface area contributed by atoms with E-state index in [1.165, 1.54) is 0 Å². The van der Waals surface area contributed by atoms with Crippen molar-refractivity contribution in [3.8, 4) is 0 Å². The van der Waals surface area contributed by atoms with Gasteiger partial charge >= 0.3 is 5.97 Å². The van der Waals surface area contributed by atoms with E-state index in [1.54, 1.807) is 0 Å². The van der Waals surface area contributed by atoms with E-state index in [0.29, 0.717) is 0 Å². The Morgan fingerprint density at radius 2 is 1.83 bits per heavy atom. The highest BCUT2D eigenvalue weighted by Gasteiger charge is 2.20. The summed E-state index contributed by atoms with van der Waals surface area (Å²) in [6.07, 6.45) is -1.84. The minimum atomic E-state index is -1.84. The zero-order valence-electron chi connectivity index (χ0n) is 8.78. The zero-order valence-corrected chi connectivity index (χ0v) is 10.4. The van der Waals surface area contributed by atoms with E-state index in [9.17, 15) is 18.4 Å². The van der Waals surface area contributed by atoms with Gasteiger partial charge in [-0.15, -0.1) is 0 Å². The van der Waals surface area contributed by atoms with Crippen molar-refractivity contribution in [2.75, 3.05) is 6.54 Å². The molecule has 0 aliphatic carbocycles. The Balaban J connectivity index is 2.82. The number of nitrogens with one attached hydrogen (secondary N) is 1. The molecule has 1 amide bonds. The predicted octanol–water partition coefficient (Wildman–Crippen LogP) is 0.903. The minimum absolute atomic E-state index is 0.125. The van der Waals surface area contributed by atoms with Crippen LogP contribution >= 0.6 is 15.9 Å². The fourth-order valence-electron chi connectivity index (χ4n) is 1.12. The summed E-state index contributed by atoms with van der Waals surface area (Å²) in [6, 6.07) is 1.79. The first-order chi connectivity index (χ1) is 8.32. The van der Waals surface area contributed by atoms with Crippen molar-refractivity contribution in [1.82, 2.24) is 5.32 Å². The third-order valence-electron chi connectivity index (χ3n) is 1.97. The molecule has 0 aromatic heterocycles. The third kappa shape index (κ3) is 3.47. The van der Waals surface area contributed by atoms with Crippen LogP contribution in [0.3, 0.4) is 0 Å². The first kappa shape index (κ1) is 14.5. The average Bonchev–Trinajstić information content (AvgIpc) is 2.24. The number of hydrogen-bond donors (Lipinski definition) is 3. The van der Waals surface area contributed by atoms with Crippen LogP contribution in [0, 0.1) is 11.6 Å². The van der Waals surface area contributed by atoms with Gasteiger partial charge in [0.25, 0.3) is 5.91 Å². The Kier molecular flexibility index (Phi) is 4.74. The van der Waals surface area contributed by atoms with Gasteiger partial charge in [0.05, 0.1) is 6.54 Å².